The van der Waals surface area contributed by atoms with Crippen LogP contribution in [0, 0.1) is 5.92 Å². The van der Waals surface area contributed by atoms with Crippen LogP contribution >= 0.6 is 11.6 Å². The van der Waals surface area contributed by atoms with E-state index in [4.69, 9.17) is 11.6 Å². The SMILES string of the molecule is CC(Cc1ccccc1Cl)C(O)Cn1cncn1. The highest BCUT2D eigenvalue weighted by atomic mass is 35.5. The van der Waals surface area contributed by atoms with E-state index in [2.05, 4.69) is 10.1 Å². The molecule has 18 heavy (non-hydrogen) atoms. The average Bonchev–Trinajstić information content (AvgIpc) is 2.84. The highest BCUT2D eigenvalue weighted by Gasteiger charge is 2.16. The summed E-state index contributed by atoms with van der Waals surface area (Å²) in [5, 5.41) is 14.8. The fourth-order valence-electron chi connectivity index (χ4n) is 1.85. The van der Waals surface area contributed by atoms with Gasteiger partial charge in [-0.05, 0) is 24.0 Å². The Morgan fingerprint density at radius 3 is 2.83 bits per heavy atom. The van der Waals surface area contributed by atoms with Gasteiger partial charge < -0.3 is 5.11 Å². The van der Waals surface area contributed by atoms with Crippen molar-refractivity contribution < 1.29 is 5.11 Å². The highest BCUT2D eigenvalue weighted by molar-refractivity contribution is 6.31. The molecule has 5 heteroatoms. The first-order valence-electron chi connectivity index (χ1n) is 5.90. The van der Waals surface area contributed by atoms with Gasteiger partial charge in [0.15, 0.2) is 0 Å². The molecule has 0 aliphatic rings. The Bertz CT molecular complexity index is 487. The minimum absolute atomic E-state index is 0.106. The van der Waals surface area contributed by atoms with Gasteiger partial charge in [0.25, 0.3) is 0 Å². The molecule has 4 nitrogen and oxygen atoms in total. The summed E-state index contributed by atoms with van der Waals surface area (Å²) in [5.74, 6) is 0.106. The predicted octanol–water partition coefficient (Wildman–Crippen LogP) is 2.17. The summed E-state index contributed by atoms with van der Waals surface area (Å²) in [4.78, 5) is 3.85. The van der Waals surface area contributed by atoms with Crippen LogP contribution in [0.3, 0.4) is 0 Å². The van der Waals surface area contributed by atoms with E-state index in [0.717, 1.165) is 17.0 Å². The van der Waals surface area contributed by atoms with E-state index in [1.807, 2.05) is 31.2 Å². The molecule has 96 valence electrons. The maximum absolute atomic E-state index is 10.1. The quantitative estimate of drug-likeness (QED) is 0.901. The number of nitrogens with zero attached hydrogens (tertiary/aromatic N) is 3. The normalized spacial score (nSPS) is 14.4. The van der Waals surface area contributed by atoms with Crippen LogP contribution in [0.15, 0.2) is 36.9 Å². The molecular formula is C13H16ClN3O. The highest BCUT2D eigenvalue weighted by Crippen LogP contribution is 2.20. The lowest BCUT2D eigenvalue weighted by Gasteiger charge is -2.19. The first-order chi connectivity index (χ1) is 8.66. The Morgan fingerprint density at radius 1 is 1.39 bits per heavy atom. The molecule has 0 saturated carbocycles. The summed E-state index contributed by atoms with van der Waals surface area (Å²) >= 11 is 6.11. The minimum Gasteiger partial charge on any atom is -0.391 e. The number of benzene rings is 1. The molecule has 1 aromatic carbocycles. The van der Waals surface area contributed by atoms with Crippen LogP contribution in [0.2, 0.25) is 5.02 Å². The molecule has 2 rings (SSSR count). The number of rotatable bonds is 5. The molecule has 1 N–H and O–H groups in total. The second-order valence-electron chi connectivity index (χ2n) is 4.46. The zero-order chi connectivity index (χ0) is 13.0. The number of aromatic nitrogens is 3. The lowest BCUT2D eigenvalue weighted by molar-refractivity contribution is 0.0946. The van der Waals surface area contributed by atoms with E-state index >= 15 is 0 Å². The first kappa shape index (κ1) is 13.1. The number of aliphatic hydroxyl groups is 1. The molecule has 0 bridgehead atoms. The number of hydrogen-bond donors (Lipinski definition) is 1. The maximum atomic E-state index is 10.1. The summed E-state index contributed by atoms with van der Waals surface area (Å²) in [6.07, 6.45) is 3.34. The molecular weight excluding hydrogens is 250 g/mol. The smallest absolute Gasteiger partial charge is 0.137 e. The monoisotopic (exact) mass is 265 g/mol. The van der Waals surface area contributed by atoms with Gasteiger partial charge in [-0.15, -0.1) is 0 Å². The van der Waals surface area contributed by atoms with Crippen molar-refractivity contribution in [3.05, 3.63) is 47.5 Å². The molecule has 0 radical (unpaired) electrons. The largest absolute Gasteiger partial charge is 0.391 e. The van der Waals surface area contributed by atoms with Crippen molar-refractivity contribution in [3.63, 3.8) is 0 Å². The Labute approximate surface area is 111 Å². The van der Waals surface area contributed by atoms with Crippen LogP contribution in [0.1, 0.15) is 12.5 Å². The van der Waals surface area contributed by atoms with Crippen molar-refractivity contribution in [2.45, 2.75) is 26.0 Å². The van der Waals surface area contributed by atoms with Crippen molar-refractivity contribution in [3.8, 4) is 0 Å². The summed E-state index contributed by atoms with van der Waals surface area (Å²) in [6.45, 7) is 2.45. The van der Waals surface area contributed by atoms with Crippen LogP contribution in [-0.4, -0.2) is 26.0 Å². The lowest BCUT2D eigenvalue weighted by Crippen LogP contribution is -2.25. The zero-order valence-corrected chi connectivity index (χ0v) is 11.0. The van der Waals surface area contributed by atoms with Gasteiger partial charge >= 0.3 is 0 Å². The summed E-state index contributed by atoms with van der Waals surface area (Å²) in [7, 11) is 0. The molecule has 0 aliphatic heterocycles. The first-order valence-corrected chi connectivity index (χ1v) is 6.28. The maximum Gasteiger partial charge on any atom is 0.137 e. The standard InChI is InChI=1S/C13H16ClN3O/c1-10(6-11-4-2-3-5-12(11)14)13(18)7-17-9-15-8-16-17/h2-5,8-10,13,18H,6-7H2,1H3. The molecule has 0 saturated heterocycles. The van der Waals surface area contributed by atoms with Crippen molar-refractivity contribution in [2.24, 2.45) is 5.92 Å². The number of aliphatic hydroxyl groups excluding tert-OH is 1. The van der Waals surface area contributed by atoms with Crippen molar-refractivity contribution in [2.75, 3.05) is 0 Å². The molecule has 1 heterocycles. The average molecular weight is 266 g/mol. The second-order valence-corrected chi connectivity index (χ2v) is 4.86. The Kier molecular flexibility index (Phi) is 4.33. The molecule has 2 atom stereocenters. The van der Waals surface area contributed by atoms with Crippen molar-refractivity contribution >= 4 is 11.6 Å². The Hall–Kier alpha value is -1.39. The van der Waals surface area contributed by atoms with Gasteiger partial charge in [0, 0.05) is 5.02 Å². The molecule has 2 aromatic rings. The summed E-state index contributed by atoms with van der Waals surface area (Å²) in [5.41, 5.74) is 1.06. The molecule has 0 fully saturated rings. The summed E-state index contributed by atoms with van der Waals surface area (Å²) in [6, 6.07) is 7.72. The van der Waals surface area contributed by atoms with Gasteiger partial charge in [0.1, 0.15) is 12.7 Å². The third-order valence-electron chi connectivity index (χ3n) is 3.00. The van der Waals surface area contributed by atoms with E-state index in [-0.39, 0.29) is 5.92 Å². The minimum atomic E-state index is -0.469. The summed E-state index contributed by atoms with van der Waals surface area (Å²) < 4.78 is 1.63. The predicted molar refractivity (Wildman–Crippen MR) is 70.3 cm³/mol. The lowest BCUT2D eigenvalue weighted by atomic mass is 9.96. The van der Waals surface area contributed by atoms with Crippen LogP contribution in [0.4, 0.5) is 0 Å². The van der Waals surface area contributed by atoms with Crippen LogP contribution < -0.4 is 0 Å². The van der Waals surface area contributed by atoms with E-state index in [1.165, 1.54) is 6.33 Å². The van der Waals surface area contributed by atoms with E-state index in [9.17, 15) is 5.11 Å². The Balaban J connectivity index is 1.95. The number of hydrogen-bond acceptors (Lipinski definition) is 3. The van der Waals surface area contributed by atoms with Gasteiger partial charge in [-0.25, -0.2) is 4.98 Å². The molecule has 0 amide bonds. The zero-order valence-electron chi connectivity index (χ0n) is 10.2. The van der Waals surface area contributed by atoms with Gasteiger partial charge in [-0.1, -0.05) is 36.7 Å². The van der Waals surface area contributed by atoms with Gasteiger partial charge in [-0.3, -0.25) is 4.68 Å². The van der Waals surface area contributed by atoms with Gasteiger partial charge in [-0.2, -0.15) is 5.10 Å². The van der Waals surface area contributed by atoms with Gasteiger partial charge in [0.05, 0.1) is 12.6 Å². The fraction of sp³-hybridized carbons (Fsp3) is 0.385. The molecule has 0 aliphatic carbocycles. The molecule has 0 spiro atoms. The number of halogens is 1. The molecule has 2 unspecified atom stereocenters. The third kappa shape index (κ3) is 3.31. The van der Waals surface area contributed by atoms with Gasteiger partial charge in [0.2, 0.25) is 0 Å². The topological polar surface area (TPSA) is 50.9 Å². The van der Waals surface area contributed by atoms with E-state index in [0.29, 0.717) is 6.54 Å². The van der Waals surface area contributed by atoms with Crippen LogP contribution in [0.5, 0.6) is 0 Å². The van der Waals surface area contributed by atoms with Crippen molar-refractivity contribution in [1.82, 2.24) is 14.8 Å². The van der Waals surface area contributed by atoms with E-state index < -0.39 is 6.10 Å². The van der Waals surface area contributed by atoms with E-state index in [1.54, 1.807) is 11.0 Å². The second kappa shape index (κ2) is 5.98. The van der Waals surface area contributed by atoms with Crippen molar-refractivity contribution in [1.29, 1.82) is 0 Å². The van der Waals surface area contributed by atoms with Crippen LogP contribution in [0.25, 0.3) is 0 Å². The third-order valence-corrected chi connectivity index (χ3v) is 3.37. The molecule has 1 aromatic heterocycles. The fourth-order valence-corrected chi connectivity index (χ4v) is 2.06. The Morgan fingerprint density at radius 2 is 2.17 bits per heavy atom. The van der Waals surface area contributed by atoms with Crippen LogP contribution in [-0.2, 0) is 13.0 Å².